The van der Waals surface area contributed by atoms with Crippen molar-refractivity contribution < 1.29 is 27.5 Å². The van der Waals surface area contributed by atoms with Gasteiger partial charge >= 0.3 is 5.97 Å². The van der Waals surface area contributed by atoms with Crippen molar-refractivity contribution >= 4 is 21.7 Å². The van der Waals surface area contributed by atoms with Gasteiger partial charge in [0, 0.05) is 12.5 Å². The molecular weight excluding hydrogens is 298 g/mol. The molecule has 1 aromatic heterocycles. The van der Waals surface area contributed by atoms with Gasteiger partial charge in [-0.2, -0.15) is 0 Å². The summed E-state index contributed by atoms with van der Waals surface area (Å²) in [6.07, 6.45) is 0.675. The monoisotopic (exact) mass is 315 g/mol. The molecule has 1 saturated heterocycles. The first-order chi connectivity index (χ1) is 9.66. The number of carboxylic acids is 1. The number of carboxylic acid groups (broad SMARTS) is 1. The third kappa shape index (κ3) is 3.26. The van der Waals surface area contributed by atoms with Crippen LogP contribution in [-0.4, -0.2) is 42.4 Å². The summed E-state index contributed by atoms with van der Waals surface area (Å²) in [6.45, 7) is 3.37. The topological polar surface area (TPSA) is 114 Å². The molecule has 8 heteroatoms. The Morgan fingerprint density at radius 3 is 2.57 bits per heavy atom. The lowest BCUT2D eigenvalue weighted by Crippen LogP contribution is -2.46. The Labute approximate surface area is 122 Å². The maximum Gasteiger partial charge on any atom is 0.339 e. The van der Waals surface area contributed by atoms with Gasteiger partial charge in [-0.05, 0) is 13.3 Å². The minimum atomic E-state index is -3.14. The van der Waals surface area contributed by atoms with Crippen molar-refractivity contribution in [1.29, 1.82) is 0 Å². The summed E-state index contributed by atoms with van der Waals surface area (Å²) in [5.74, 6) is -1.76. The Morgan fingerprint density at radius 2 is 2.14 bits per heavy atom. The van der Waals surface area contributed by atoms with Crippen LogP contribution in [0.25, 0.3) is 0 Å². The molecule has 1 unspecified atom stereocenters. The highest BCUT2D eigenvalue weighted by molar-refractivity contribution is 7.91. The number of amides is 1. The molecule has 7 nitrogen and oxygen atoms in total. The Balaban J connectivity index is 2.20. The van der Waals surface area contributed by atoms with Crippen molar-refractivity contribution in [2.45, 2.75) is 32.2 Å². The van der Waals surface area contributed by atoms with Gasteiger partial charge in [0.1, 0.15) is 11.3 Å². The van der Waals surface area contributed by atoms with E-state index in [0.717, 1.165) is 0 Å². The van der Waals surface area contributed by atoms with E-state index in [9.17, 15) is 18.0 Å². The van der Waals surface area contributed by atoms with Gasteiger partial charge in [0.25, 0.3) is 5.91 Å². The van der Waals surface area contributed by atoms with Crippen LogP contribution in [0.1, 0.15) is 46.9 Å². The molecule has 1 aromatic rings. The van der Waals surface area contributed by atoms with Crippen LogP contribution in [0.5, 0.6) is 0 Å². The average molecular weight is 315 g/mol. The molecule has 1 amide bonds. The van der Waals surface area contributed by atoms with Crippen molar-refractivity contribution in [2.75, 3.05) is 11.5 Å². The first-order valence-electron chi connectivity index (χ1n) is 6.55. The van der Waals surface area contributed by atoms with Gasteiger partial charge in [-0.25, -0.2) is 13.2 Å². The molecule has 0 bridgehead atoms. The van der Waals surface area contributed by atoms with Gasteiger partial charge in [-0.3, -0.25) is 4.79 Å². The van der Waals surface area contributed by atoms with Crippen LogP contribution in [0.4, 0.5) is 0 Å². The summed E-state index contributed by atoms with van der Waals surface area (Å²) in [6, 6.07) is 1.17. The summed E-state index contributed by atoms with van der Waals surface area (Å²) in [5.41, 5.74) is -0.898. The minimum absolute atomic E-state index is 0.0303. The predicted molar refractivity (Wildman–Crippen MR) is 74.2 cm³/mol. The van der Waals surface area contributed by atoms with E-state index in [4.69, 9.17) is 9.52 Å². The molecule has 116 valence electrons. The van der Waals surface area contributed by atoms with Gasteiger partial charge in [0.15, 0.2) is 15.6 Å². The summed E-state index contributed by atoms with van der Waals surface area (Å²) in [5, 5.41) is 11.7. The molecule has 0 saturated carbocycles. The Bertz CT molecular complexity index is 690. The van der Waals surface area contributed by atoms with Crippen LogP contribution in [-0.2, 0) is 16.3 Å². The summed E-state index contributed by atoms with van der Waals surface area (Å²) in [7, 11) is -3.14. The van der Waals surface area contributed by atoms with Gasteiger partial charge in [0.2, 0.25) is 0 Å². The molecule has 1 atom stereocenters. The zero-order valence-electron chi connectivity index (χ0n) is 11.8. The van der Waals surface area contributed by atoms with Crippen molar-refractivity contribution in [2.24, 2.45) is 0 Å². The molecule has 0 spiro atoms. The highest BCUT2D eigenvalue weighted by Crippen LogP contribution is 2.24. The number of carbonyl (C=O) groups is 2. The molecule has 1 aliphatic rings. The SMILES string of the molecule is CCc1oc(C(=O)NC2(C)CCS(=O)(=O)C2)cc1C(=O)O. The van der Waals surface area contributed by atoms with Crippen LogP contribution in [0.3, 0.4) is 0 Å². The molecule has 1 fully saturated rings. The zero-order valence-corrected chi connectivity index (χ0v) is 12.6. The van der Waals surface area contributed by atoms with E-state index in [1.807, 2.05) is 0 Å². The highest BCUT2D eigenvalue weighted by atomic mass is 32.2. The first kappa shape index (κ1) is 15.6. The number of nitrogens with one attached hydrogen (secondary N) is 1. The van der Waals surface area contributed by atoms with Crippen LogP contribution in [0.15, 0.2) is 10.5 Å². The Morgan fingerprint density at radius 1 is 1.48 bits per heavy atom. The fourth-order valence-corrected chi connectivity index (χ4v) is 4.52. The fraction of sp³-hybridized carbons (Fsp3) is 0.538. The molecule has 2 heterocycles. The van der Waals surface area contributed by atoms with E-state index in [2.05, 4.69) is 5.32 Å². The van der Waals surface area contributed by atoms with Gasteiger partial charge in [-0.15, -0.1) is 0 Å². The van der Waals surface area contributed by atoms with Crippen LogP contribution < -0.4 is 5.32 Å². The Kier molecular flexibility index (Phi) is 3.83. The normalized spacial score (nSPS) is 23.9. The zero-order chi connectivity index (χ0) is 15.8. The third-order valence-electron chi connectivity index (χ3n) is 3.50. The number of hydrogen-bond acceptors (Lipinski definition) is 5. The number of hydrogen-bond donors (Lipinski definition) is 2. The van der Waals surface area contributed by atoms with Crippen LogP contribution >= 0.6 is 0 Å². The summed E-state index contributed by atoms with van der Waals surface area (Å²) < 4.78 is 28.3. The minimum Gasteiger partial charge on any atom is -0.478 e. The first-order valence-corrected chi connectivity index (χ1v) is 8.37. The lowest BCUT2D eigenvalue weighted by Gasteiger charge is -2.23. The lowest BCUT2D eigenvalue weighted by molar-refractivity contribution is 0.0694. The molecule has 2 rings (SSSR count). The maximum absolute atomic E-state index is 12.1. The molecule has 0 radical (unpaired) electrons. The molecule has 0 aliphatic carbocycles. The van der Waals surface area contributed by atoms with E-state index in [-0.39, 0.29) is 28.6 Å². The maximum atomic E-state index is 12.1. The number of carbonyl (C=O) groups excluding carboxylic acids is 1. The molecule has 0 aromatic carbocycles. The van der Waals surface area contributed by atoms with E-state index in [1.54, 1.807) is 13.8 Å². The van der Waals surface area contributed by atoms with E-state index < -0.39 is 27.3 Å². The van der Waals surface area contributed by atoms with E-state index >= 15 is 0 Å². The average Bonchev–Trinajstić information content (AvgIpc) is 2.90. The summed E-state index contributed by atoms with van der Waals surface area (Å²) >= 11 is 0. The molecule has 1 aliphatic heterocycles. The second kappa shape index (κ2) is 5.18. The predicted octanol–water partition coefficient (Wildman–Crippen LogP) is 0.847. The van der Waals surface area contributed by atoms with Crippen molar-refractivity contribution in [3.05, 3.63) is 23.2 Å². The largest absolute Gasteiger partial charge is 0.478 e. The highest BCUT2D eigenvalue weighted by Gasteiger charge is 2.40. The molecule has 21 heavy (non-hydrogen) atoms. The van der Waals surface area contributed by atoms with Crippen LogP contribution in [0.2, 0.25) is 0 Å². The second-order valence-corrected chi connectivity index (χ2v) is 7.65. The van der Waals surface area contributed by atoms with E-state index in [1.165, 1.54) is 6.07 Å². The van der Waals surface area contributed by atoms with E-state index in [0.29, 0.717) is 12.8 Å². The standard InChI is InChI=1S/C13H17NO6S/c1-3-9-8(12(16)17)6-10(20-9)11(15)14-13(2)4-5-21(18,19)7-13/h6H,3-5,7H2,1-2H3,(H,14,15)(H,16,17). The smallest absolute Gasteiger partial charge is 0.339 e. The number of aryl methyl sites for hydroxylation is 1. The fourth-order valence-electron chi connectivity index (χ4n) is 2.43. The van der Waals surface area contributed by atoms with Crippen LogP contribution in [0, 0.1) is 0 Å². The third-order valence-corrected chi connectivity index (χ3v) is 5.41. The molecular formula is C13H17NO6S. The second-order valence-electron chi connectivity index (χ2n) is 5.46. The van der Waals surface area contributed by atoms with Gasteiger partial charge in [-0.1, -0.05) is 6.92 Å². The number of sulfone groups is 1. The quantitative estimate of drug-likeness (QED) is 0.851. The number of furan rings is 1. The molecule has 2 N–H and O–H groups in total. The number of rotatable bonds is 4. The van der Waals surface area contributed by atoms with Gasteiger partial charge < -0.3 is 14.8 Å². The lowest BCUT2D eigenvalue weighted by atomic mass is 10.0. The summed E-state index contributed by atoms with van der Waals surface area (Å²) in [4.78, 5) is 23.2. The van der Waals surface area contributed by atoms with Crippen molar-refractivity contribution in [3.8, 4) is 0 Å². The number of aromatic carboxylic acids is 1. The Hall–Kier alpha value is -1.83. The van der Waals surface area contributed by atoms with Crippen molar-refractivity contribution in [3.63, 3.8) is 0 Å². The van der Waals surface area contributed by atoms with Crippen molar-refractivity contribution in [1.82, 2.24) is 5.32 Å². The van der Waals surface area contributed by atoms with Gasteiger partial charge in [0.05, 0.1) is 17.0 Å².